The number of carbonyl (C=O) groups excluding carboxylic acids is 1. The lowest BCUT2D eigenvalue weighted by Gasteiger charge is -2.10. The van der Waals surface area contributed by atoms with Crippen LogP contribution in [0.25, 0.3) is 44.1 Å². The number of ether oxygens (including phenoxy) is 1. The van der Waals surface area contributed by atoms with E-state index < -0.39 is 0 Å². The highest BCUT2D eigenvalue weighted by Gasteiger charge is 2.17. The van der Waals surface area contributed by atoms with Gasteiger partial charge in [0.2, 0.25) is 0 Å². The number of aromatic amines is 1. The zero-order valence-corrected chi connectivity index (χ0v) is 17.9. The summed E-state index contributed by atoms with van der Waals surface area (Å²) < 4.78 is 5.96. The molecule has 0 aliphatic carbocycles. The molecular formula is C26H18BrNO2. The second kappa shape index (κ2) is 7.47. The van der Waals surface area contributed by atoms with Crippen molar-refractivity contribution in [1.82, 2.24) is 4.98 Å². The molecule has 0 aliphatic heterocycles. The van der Waals surface area contributed by atoms with Gasteiger partial charge in [-0.2, -0.15) is 0 Å². The van der Waals surface area contributed by atoms with Crippen LogP contribution in [-0.2, 0) is 4.74 Å². The zero-order valence-electron chi connectivity index (χ0n) is 16.3. The lowest BCUT2D eigenvalue weighted by atomic mass is 9.97. The number of halogens is 1. The van der Waals surface area contributed by atoms with E-state index in [0.717, 1.165) is 37.4 Å². The summed E-state index contributed by atoms with van der Waals surface area (Å²) in [5.41, 5.74) is 6.74. The summed E-state index contributed by atoms with van der Waals surface area (Å²) in [6, 6.07) is 28.5. The van der Waals surface area contributed by atoms with Gasteiger partial charge < -0.3 is 9.72 Å². The first-order chi connectivity index (χ1) is 14.7. The molecule has 0 atom stereocenters. The third-order valence-electron chi connectivity index (χ3n) is 5.40. The molecule has 30 heavy (non-hydrogen) atoms. The summed E-state index contributed by atoms with van der Waals surface area (Å²) in [4.78, 5) is 15.9. The van der Waals surface area contributed by atoms with Crippen LogP contribution in [0.5, 0.6) is 0 Å². The summed E-state index contributed by atoms with van der Waals surface area (Å²) in [7, 11) is 1.41. The Labute approximate surface area is 182 Å². The number of fused-ring (bicyclic) bond motifs is 3. The number of benzene rings is 4. The van der Waals surface area contributed by atoms with E-state index >= 15 is 0 Å². The Hall–Kier alpha value is -3.37. The molecule has 0 saturated heterocycles. The monoisotopic (exact) mass is 455 g/mol. The molecule has 5 rings (SSSR count). The Bertz CT molecular complexity index is 1400. The molecule has 1 N–H and O–H groups in total. The average Bonchev–Trinajstić information content (AvgIpc) is 3.16. The van der Waals surface area contributed by atoms with Crippen LogP contribution in [0, 0.1) is 0 Å². The number of hydrogen-bond donors (Lipinski definition) is 1. The van der Waals surface area contributed by atoms with E-state index in [-0.39, 0.29) is 5.97 Å². The molecule has 146 valence electrons. The first-order valence-corrected chi connectivity index (χ1v) is 10.4. The van der Waals surface area contributed by atoms with E-state index in [0.29, 0.717) is 5.56 Å². The Balaban J connectivity index is 1.79. The standard InChI is InChI=1S/C26H18BrNO2/c1-30-26(29)20-10-6-5-9-19(20)22-14-18(27)15-23-21-13-17(16-7-3-2-4-8-16)11-12-24(21)28-25(22)23/h2-15,28H,1H3. The predicted octanol–water partition coefficient (Wildman–Crippen LogP) is 7.20. The van der Waals surface area contributed by atoms with Crippen molar-refractivity contribution < 1.29 is 9.53 Å². The van der Waals surface area contributed by atoms with Crippen molar-refractivity contribution >= 4 is 43.7 Å². The lowest BCUT2D eigenvalue weighted by molar-refractivity contribution is 0.0601. The molecule has 0 fully saturated rings. The maximum absolute atomic E-state index is 12.4. The summed E-state index contributed by atoms with van der Waals surface area (Å²) in [5.74, 6) is -0.346. The summed E-state index contributed by atoms with van der Waals surface area (Å²) in [6.45, 7) is 0. The maximum atomic E-state index is 12.4. The van der Waals surface area contributed by atoms with Gasteiger partial charge >= 0.3 is 5.97 Å². The van der Waals surface area contributed by atoms with Gasteiger partial charge in [-0.25, -0.2) is 4.79 Å². The van der Waals surface area contributed by atoms with Crippen LogP contribution in [0.15, 0.2) is 89.4 Å². The van der Waals surface area contributed by atoms with Gasteiger partial charge in [0.15, 0.2) is 0 Å². The minimum atomic E-state index is -0.346. The molecule has 0 unspecified atom stereocenters. The van der Waals surface area contributed by atoms with Crippen molar-refractivity contribution in [3.05, 3.63) is 95.0 Å². The van der Waals surface area contributed by atoms with Crippen molar-refractivity contribution in [2.45, 2.75) is 0 Å². The predicted molar refractivity (Wildman–Crippen MR) is 126 cm³/mol. The van der Waals surface area contributed by atoms with Gasteiger partial charge in [0.25, 0.3) is 0 Å². The molecule has 4 heteroatoms. The second-order valence-electron chi connectivity index (χ2n) is 7.16. The lowest BCUT2D eigenvalue weighted by Crippen LogP contribution is -2.03. The van der Waals surface area contributed by atoms with E-state index in [2.05, 4.69) is 57.3 Å². The molecule has 1 heterocycles. The van der Waals surface area contributed by atoms with Crippen LogP contribution in [-0.4, -0.2) is 18.1 Å². The Morgan fingerprint density at radius 2 is 1.57 bits per heavy atom. The van der Waals surface area contributed by atoms with Gasteiger partial charge in [0, 0.05) is 26.3 Å². The third-order valence-corrected chi connectivity index (χ3v) is 5.86. The van der Waals surface area contributed by atoms with Gasteiger partial charge in [-0.3, -0.25) is 0 Å². The van der Waals surface area contributed by atoms with Gasteiger partial charge in [-0.15, -0.1) is 0 Å². The van der Waals surface area contributed by atoms with Crippen molar-refractivity contribution in [2.75, 3.05) is 7.11 Å². The summed E-state index contributed by atoms with van der Waals surface area (Å²) in [6.07, 6.45) is 0. The summed E-state index contributed by atoms with van der Waals surface area (Å²) >= 11 is 3.66. The van der Waals surface area contributed by atoms with Gasteiger partial charge in [-0.05, 0) is 47.0 Å². The molecule has 0 radical (unpaired) electrons. The summed E-state index contributed by atoms with van der Waals surface area (Å²) in [5, 5.41) is 2.25. The van der Waals surface area contributed by atoms with Crippen LogP contribution < -0.4 is 0 Å². The Morgan fingerprint density at radius 1 is 0.800 bits per heavy atom. The molecule has 5 aromatic rings. The first-order valence-electron chi connectivity index (χ1n) is 9.64. The second-order valence-corrected chi connectivity index (χ2v) is 8.08. The zero-order chi connectivity index (χ0) is 20.7. The number of H-pyrrole nitrogens is 1. The number of aromatic nitrogens is 1. The van der Waals surface area contributed by atoms with Gasteiger partial charge in [-0.1, -0.05) is 70.5 Å². The van der Waals surface area contributed by atoms with E-state index in [9.17, 15) is 4.79 Å². The van der Waals surface area contributed by atoms with Crippen LogP contribution in [0.4, 0.5) is 0 Å². The van der Waals surface area contributed by atoms with Crippen LogP contribution in [0.1, 0.15) is 10.4 Å². The molecule has 4 aromatic carbocycles. The minimum Gasteiger partial charge on any atom is -0.465 e. The average molecular weight is 456 g/mol. The fraction of sp³-hybridized carbons (Fsp3) is 0.0385. The van der Waals surface area contributed by atoms with E-state index in [4.69, 9.17) is 4.74 Å². The molecule has 0 bridgehead atoms. The van der Waals surface area contributed by atoms with Gasteiger partial charge in [0.1, 0.15) is 0 Å². The number of hydrogen-bond acceptors (Lipinski definition) is 2. The Kier molecular flexibility index (Phi) is 4.64. The number of rotatable bonds is 3. The van der Waals surface area contributed by atoms with Crippen molar-refractivity contribution in [1.29, 1.82) is 0 Å². The normalized spacial score (nSPS) is 11.1. The van der Waals surface area contributed by atoms with Gasteiger partial charge in [0.05, 0.1) is 18.2 Å². The highest BCUT2D eigenvalue weighted by molar-refractivity contribution is 9.10. The quantitative estimate of drug-likeness (QED) is 0.292. The molecule has 0 amide bonds. The van der Waals surface area contributed by atoms with Crippen LogP contribution >= 0.6 is 15.9 Å². The number of esters is 1. The smallest absolute Gasteiger partial charge is 0.338 e. The largest absolute Gasteiger partial charge is 0.465 e. The molecular weight excluding hydrogens is 438 g/mol. The van der Waals surface area contributed by atoms with Crippen molar-refractivity contribution in [3.63, 3.8) is 0 Å². The van der Waals surface area contributed by atoms with Crippen molar-refractivity contribution in [3.8, 4) is 22.3 Å². The number of carbonyl (C=O) groups is 1. The maximum Gasteiger partial charge on any atom is 0.338 e. The van der Waals surface area contributed by atoms with E-state index in [1.165, 1.54) is 18.2 Å². The fourth-order valence-electron chi connectivity index (χ4n) is 3.99. The van der Waals surface area contributed by atoms with Crippen LogP contribution in [0.2, 0.25) is 0 Å². The topological polar surface area (TPSA) is 42.1 Å². The highest BCUT2D eigenvalue weighted by Crippen LogP contribution is 2.38. The number of nitrogens with one attached hydrogen (secondary N) is 1. The first kappa shape index (κ1) is 18.6. The Morgan fingerprint density at radius 3 is 2.37 bits per heavy atom. The third kappa shape index (κ3) is 3.10. The van der Waals surface area contributed by atoms with E-state index in [1.54, 1.807) is 6.07 Å². The molecule has 0 spiro atoms. The van der Waals surface area contributed by atoms with Crippen molar-refractivity contribution in [2.24, 2.45) is 0 Å². The van der Waals surface area contributed by atoms with E-state index in [1.807, 2.05) is 42.5 Å². The SMILES string of the molecule is COC(=O)c1ccccc1-c1cc(Br)cc2c1[nH]c1ccc(-c3ccccc3)cc12. The molecule has 1 aromatic heterocycles. The molecule has 3 nitrogen and oxygen atoms in total. The minimum absolute atomic E-state index is 0.346. The fourth-order valence-corrected chi connectivity index (χ4v) is 4.45. The van der Waals surface area contributed by atoms with Crippen LogP contribution in [0.3, 0.4) is 0 Å². The highest BCUT2D eigenvalue weighted by atomic mass is 79.9. The number of methoxy groups -OCH3 is 1. The molecule has 0 saturated carbocycles. The molecule has 0 aliphatic rings.